The largest absolute Gasteiger partial charge is 0.507 e. The van der Waals surface area contributed by atoms with E-state index in [2.05, 4.69) is 10.0 Å². The first-order valence-corrected chi connectivity index (χ1v) is 13.0. The van der Waals surface area contributed by atoms with Gasteiger partial charge in [0.2, 0.25) is 0 Å². The van der Waals surface area contributed by atoms with Crippen LogP contribution in [0.2, 0.25) is 5.02 Å². The molecule has 0 saturated carbocycles. The molecule has 0 aliphatic carbocycles. The van der Waals surface area contributed by atoms with E-state index in [1.807, 2.05) is 27.7 Å². The van der Waals surface area contributed by atoms with Crippen molar-refractivity contribution in [2.45, 2.75) is 50.2 Å². The number of hydrogen-bond donors (Lipinski definition) is 4. The van der Waals surface area contributed by atoms with E-state index in [1.165, 1.54) is 18.2 Å². The topological polar surface area (TPSA) is 116 Å². The number of fused-ring (bicyclic) bond motifs is 1. The summed E-state index contributed by atoms with van der Waals surface area (Å²) in [6.45, 7) is 7.64. The van der Waals surface area contributed by atoms with Crippen LogP contribution in [0, 0.1) is 0 Å². The molecule has 3 aromatic carbocycles. The van der Waals surface area contributed by atoms with Crippen LogP contribution in [0.25, 0.3) is 0 Å². The van der Waals surface area contributed by atoms with Crippen molar-refractivity contribution >= 4 is 33.2 Å². The normalized spacial score (nSPS) is 17.5. The van der Waals surface area contributed by atoms with Crippen LogP contribution in [0.15, 0.2) is 59.5 Å². The molecule has 1 amide bonds. The van der Waals surface area contributed by atoms with Gasteiger partial charge in [0.15, 0.2) is 5.72 Å². The maximum absolute atomic E-state index is 13.4. The molecule has 0 bridgehead atoms. The van der Waals surface area contributed by atoms with Gasteiger partial charge in [0.1, 0.15) is 10.6 Å². The first-order valence-electron chi connectivity index (χ1n) is 11.2. The van der Waals surface area contributed by atoms with Crippen molar-refractivity contribution in [2.24, 2.45) is 0 Å². The molecular formula is C26H27ClN2O5S. The molecule has 0 saturated heterocycles. The van der Waals surface area contributed by atoms with E-state index in [0.717, 1.165) is 0 Å². The van der Waals surface area contributed by atoms with Gasteiger partial charge in [-0.1, -0.05) is 63.6 Å². The summed E-state index contributed by atoms with van der Waals surface area (Å²) in [5, 5.41) is 24.5. The van der Waals surface area contributed by atoms with Gasteiger partial charge in [-0.05, 0) is 53.3 Å². The highest BCUT2D eigenvalue weighted by Gasteiger charge is 2.43. The van der Waals surface area contributed by atoms with E-state index >= 15 is 0 Å². The minimum Gasteiger partial charge on any atom is -0.507 e. The molecule has 3 aromatic rings. The summed E-state index contributed by atoms with van der Waals surface area (Å²) in [6, 6.07) is 13.8. The van der Waals surface area contributed by atoms with E-state index in [9.17, 15) is 23.4 Å². The van der Waals surface area contributed by atoms with Crippen LogP contribution in [-0.4, -0.2) is 24.5 Å². The highest BCUT2D eigenvalue weighted by Crippen LogP contribution is 2.39. The lowest BCUT2D eigenvalue weighted by Crippen LogP contribution is -2.40. The number of carbonyl (C=O) groups excluding carboxylic acids is 1. The first kappa shape index (κ1) is 25.0. The number of hydrogen-bond acceptors (Lipinski definition) is 5. The second kappa shape index (κ2) is 8.86. The van der Waals surface area contributed by atoms with Gasteiger partial charge in [-0.3, -0.25) is 9.52 Å². The van der Waals surface area contributed by atoms with Gasteiger partial charge in [-0.25, -0.2) is 8.42 Å². The van der Waals surface area contributed by atoms with Crippen LogP contribution < -0.4 is 10.0 Å². The summed E-state index contributed by atoms with van der Waals surface area (Å²) in [5.41, 5.74) is 0.398. The number of phenolic OH excluding ortho intramolecular Hbond substituents is 1. The molecule has 0 radical (unpaired) electrons. The third kappa shape index (κ3) is 4.37. The number of sulfonamides is 1. The predicted molar refractivity (Wildman–Crippen MR) is 135 cm³/mol. The molecule has 9 heteroatoms. The highest BCUT2D eigenvalue weighted by atomic mass is 35.5. The van der Waals surface area contributed by atoms with Crippen LogP contribution in [0.1, 0.15) is 72.1 Å². The number of anilines is 1. The molecule has 7 nitrogen and oxygen atoms in total. The number of carbonyl (C=O) groups is 1. The molecule has 1 unspecified atom stereocenters. The molecule has 0 fully saturated rings. The van der Waals surface area contributed by atoms with Crippen molar-refractivity contribution in [3.8, 4) is 5.75 Å². The van der Waals surface area contributed by atoms with Gasteiger partial charge in [-0.2, -0.15) is 0 Å². The molecule has 0 spiro atoms. The lowest BCUT2D eigenvalue weighted by Gasteiger charge is -2.25. The molecule has 4 rings (SSSR count). The van der Waals surface area contributed by atoms with Crippen molar-refractivity contribution in [1.29, 1.82) is 0 Å². The van der Waals surface area contributed by atoms with Crippen molar-refractivity contribution in [2.75, 3.05) is 4.72 Å². The lowest BCUT2D eigenvalue weighted by atomic mass is 9.93. The molecule has 35 heavy (non-hydrogen) atoms. The Balaban J connectivity index is 1.78. The molecule has 4 N–H and O–H groups in total. The third-order valence-corrected chi connectivity index (χ3v) is 8.02. The molecule has 184 valence electrons. The quantitative estimate of drug-likeness (QED) is 0.344. The van der Waals surface area contributed by atoms with Crippen LogP contribution in [0.3, 0.4) is 0 Å². The minimum atomic E-state index is -4.20. The van der Waals surface area contributed by atoms with Crippen LogP contribution in [-0.2, 0) is 15.7 Å². The van der Waals surface area contributed by atoms with Gasteiger partial charge in [0, 0.05) is 22.4 Å². The Bertz CT molecular complexity index is 1410. The van der Waals surface area contributed by atoms with E-state index in [1.54, 1.807) is 36.4 Å². The minimum absolute atomic E-state index is 0.0378. The summed E-state index contributed by atoms with van der Waals surface area (Å²) in [7, 11) is -4.20. The zero-order valence-corrected chi connectivity index (χ0v) is 21.3. The van der Waals surface area contributed by atoms with Gasteiger partial charge in [-0.15, -0.1) is 0 Å². The number of rotatable bonds is 6. The molecule has 1 atom stereocenters. The highest BCUT2D eigenvalue weighted by molar-refractivity contribution is 7.92. The number of phenols is 1. The number of aliphatic hydroxyl groups is 1. The van der Waals surface area contributed by atoms with Crippen LogP contribution in [0.5, 0.6) is 5.75 Å². The number of amides is 1. The molecular weight excluding hydrogens is 488 g/mol. The Morgan fingerprint density at radius 1 is 0.971 bits per heavy atom. The summed E-state index contributed by atoms with van der Waals surface area (Å²) >= 11 is 6.29. The Morgan fingerprint density at radius 2 is 1.57 bits per heavy atom. The number of benzene rings is 3. The van der Waals surface area contributed by atoms with Crippen molar-refractivity contribution in [3.63, 3.8) is 0 Å². The SMILES string of the molecule is CC(C)c1cc(NS(=O)(=O)c2cc(C3(O)NC(=O)c4ccccc43)ccc2Cl)cc(C(C)C)c1O. The first-order chi connectivity index (χ1) is 16.3. The zero-order valence-electron chi connectivity index (χ0n) is 19.8. The fourth-order valence-corrected chi connectivity index (χ4v) is 5.85. The summed E-state index contributed by atoms with van der Waals surface area (Å²) < 4.78 is 29.4. The predicted octanol–water partition coefficient (Wildman–Crippen LogP) is 5.03. The molecule has 0 aromatic heterocycles. The molecule has 1 aliphatic heterocycles. The maximum Gasteiger partial charge on any atom is 0.263 e. The standard InChI is InChI=1S/C26H27ClN2O5S/c1-14(2)19-12-17(13-20(15(3)4)24(19)30)29-35(33,34)23-11-16(9-10-22(23)27)26(32)21-8-6-5-7-18(21)25(31)28-26/h5-15,29-30,32H,1-4H3,(H,28,31). The lowest BCUT2D eigenvalue weighted by molar-refractivity contribution is 0.0474. The van der Waals surface area contributed by atoms with E-state index < -0.39 is 21.7 Å². The van der Waals surface area contributed by atoms with Crippen molar-refractivity contribution in [3.05, 3.63) is 87.4 Å². The zero-order chi connectivity index (χ0) is 25.7. The average molecular weight is 515 g/mol. The van der Waals surface area contributed by atoms with Crippen LogP contribution in [0.4, 0.5) is 5.69 Å². The Morgan fingerprint density at radius 3 is 2.17 bits per heavy atom. The summed E-state index contributed by atoms with van der Waals surface area (Å²) in [5.74, 6) is -0.392. The number of nitrogens with one attached hydrogen (secondary N) is 2. The molecule has 1 heterocycles. The monoisotopic (exact) mass is 514 g/mol. The Labute approximate surface area is 209 Å². The van der Waals surface area contributed by atoms with E-state index in [0.29, 0.717) is 22.3 Å². The van der Waals surface area contributed by atoms with E-state index in [-0.39, 0.29) is 38.8 Å². The third-order valence-electron chi connectivity index (χ3n) is 6.16. The van der Waals surface area contributed by atoms with Crippen molar-refractivity contribution < 1.29 is 23.4 Å². The fourth-order valence-electron chi connectivity index (χ4n) is 4.29. The maximum atomic E-state index is 13.4. The number of aromatic hydroxyl groups is 1. The van der Waals surface area contributed by atoms with Gasteiger partial charge >= 0.3 is 0 Å². The van der Waals surface area contributed by atoms with Crippen LogP contribution >= 0.6 is 11.6 Å². The fraction of sp³-hybridized carbons (Fsp3) is 0.269. The summed E-state index contributed by atoms with van der Waals surface area (Å²) in [6.07, 6.45) is 0. The second-order valence-corrected chi connectivity index (χ2v) is 11.3. The molecule has 1 aliphatic rings. The Kier molecular flexibility index (Phi) is 6.34. The van der Waals surface area contributed by atoms with Gasteiger partial charge < -0.3 is 15.5 Å². The summed E-state index contributed by atoms with van der Waals surface area (Å²) in [4.78, 5) is 12.1. The number of halogens is 1. The smallest absolute Gasteiger partial charge is 0.263 e. The van der Waals surface area contributed by atoms with Gasteiger partial charge in [0.05, 0.1) is 5.02 Å². The average Bonchev–Trinajstić information content (AvgIpc) is 3.05. The second-order valence-electron chi connectivity index (χ2n) is 9.27. The van der Waals surface area contributed by atoms with Gasteiger partial charge in [0.25, 0.3) is 15.9 Å². The van der Waals surface area contributed by atoms with Crippen molar-refractivity contribution in [1.82, 2.24) is 5.32 Å². The van der Waals surface area contributed by atoms with E-state index in [4.69, 9.17) is 11.6 Å². The Hall–Kier alpha value is -3.07.